The van der Waals surface area contributed by atoms with Crippen molar-refractivity contribution in [3.05, 3.63) is 154 Å². The summed E-state index contributed by atoms with van der Waals surface area (Å²) in [5.74, 6) is 1.86. The van der Waals surface area contributed by atoms with Crippen LogP contribution >= 0.6 is 23.2 Å². The number of anilines is 1. The minimum Gasteiger partial charge on any atom is -0.465 e. The number of hydrogen-bond donors (Lipinski definition) is 1. The fourth-order valence-corrected chi connectivity index (χ4v) is 5.43. The molecule has 0 unspecified atom stereocenters. The zero-order valence-electron chi connectivity index (χ0n) is 24.9. The van der Waals surface area contributed by atoms with Crippen LogP contribution in [0.4, 0.5) is 5.69 Å². The molecule has 5 aromatic carbocycles. The first-order valence-electron chi connectivity index (χ1n) is 14.5. The van der Waals surface area contributed by atoms with Gasteiger partial charge < -0.3 is 19.8 Å². The number of methoxy groups -OCH3 is 1. The molecule has 0 fully saturated rings. The number of halogens is 2. The molecule has 8 heteroatoms. The fraction of sp³-hybridized carbons (Fsp3) is 0.0526. The summed E-state index contributed by atoms with van der Waals surface area (Å²) >= 11 is 12.7. The van der Waals surface area contributed by atoms with E-state index in [0.29, 0.717) is 27.8 Å². The molecule has 0 bridgehead atoms. The van der Waals surface area contributed by atoms with Gasteiger partial charge in [-0.1, -0.05) is 77.8 Å². The first-order valence-corrected chi connectivity index (χ1v) is 15.2. The van der Waals surface area contributed by atoms with E-state index in [9.17, 15) is 4.79 Å². The number of nitrogens with two attached hydrogens (primary N) is 1. The van der Waals surface area contributed by atoms with Crippen molar-refractivity contribution in [3.63, 3.8) is 0 Å². The first-order chi connectivity index (χ1) is 22.3. The van der Waals surface area contributed by atoms with E-state index in [4.69, 9.17) is 43.4 Å². The molecule has 0 spiro atoms. The van der Waals surface area contributed by atoms with Crippen LogP contribution < -0.4 is 10.5 Å². The average molecular weight is 647 g/mol. The van der Waals surface area contributed by atoms with E-state index in [1.165, 1.54) is 7.11 Å². The predicted molar refractivity (Wildman–Crippen MR) is 186 cm³/mol. The summed E-state index contributed by atoms with van der Waals surface area (Å²) in [4.78, 5) is 16.8. The Morgan fingerprint density at radius 3 is 2.07 bits per heavy atom. The number of benzene rings is 5. The average Bonchev–Trinajstić information content (AvgIpc) is 3.47. The van der Waals surface area contributed by atoms with Crippen molar-refractivity contribution in [1.82, 2.24) is 9.55 Å². The standard InChI is InChI=1S/C38H29Cl2N3O3/c1-45-38(44)29-9-4-26(5-10-29)23-43-24-36(34-20-13-30(39)22-35(34)40)42-37(43)21-6-25-2-7-27(8-3-25)28-11-16-32(17-12-28)46-33-18-14-31(41)15-19-33/h2-22,24H,23,41H2,1H3. The lowest BCUT2D eigenvalue weighted by atomic mass is 10.0. The third kappa shape index (κ3) is 7.32. The van der Waals surface area contributed by atoms with Crippen molar-refractivity contribution >= 4 is 47.0 Å². The molecule has 0 aliphatic rings. The summed E-state index contributed by atoms with van der Waals surface area (Å²) in [5.41, 5.74) is 12.7. The molecule has 6 rings (SSSR count). The van der Waals surface area contributed by atoms with Gasteiger partial charge in [0.1, 0.15) is 17.3 Å². The first kappa shape index (κ1) is 30.7. The molecule has 2 N–H and O–H groups in total. The molecule has 0 saturated heterocycles. The number of hydrogen-bond acceptors (Lipinski definition) is 5. The Balaban J connectivity index is 1.21. The van der Waals surface area contributed by atoms with Gasteiger partial charge in [0.2, 0.25) is 0 Å². The van der Waals surface area contributed by atoms with Gasteiger partial charge in [0, 0.05) is 29.0 Å². The zero-order valence-corrected chi connectivity index (χ0v) is 26.4. The molecular weight excluding hydrogens is 617 g/mol. The topological polar surface area (TPSA) is 79.4 Å². The van der Waals surface area contributed by atoms with Crippen molar-refractivity contribution in [2.45, 2.75) is 6.54 Å². The number of carbonyl (C=O) groups is 1. The summed E-state index contributed by atoms with van der Waals surface area (Å²) in [7, 11) is 1.37. The molecule has 1 heterocycles. The molecule has 46 heavy (non-hydrogen) atoms. The van der Waals surface area contributed by atoms with E-state index < -0.39 is 0 Å². The number of nitrogens with zero attached hydrogens (tertiary/aromatic N) is 2. The lowest BCUT2D eigenvalue weighted by molar-refractivity contribution is 0.0600. The smallest absolute Gasteiger partial charge is 0.337 e. The van der Waals surface area contributed by atoms with E-state index in [1.807, 2.05) is 89.6 Å². The van der Waals surface area contributed by atoms with E-state index in [1.54, 1.807) is 24.3 Å². The zero-order chi connectivity index (χ0) is 32.0. The lowest BCUT2D eigenvalue weighted by Crippen LogP contribution is -2.03. The van der Waals surface area contributed by atoms with Gasteiger partial charge in [0.15, 0.2) is 0 Å². The Morgan fingerprint density at radius 2 is 1.43 bits per heavy atom. The number of carbonyl (C=O) groups excluding carboxylic acids is 1. The molecule has 0 atom stereocenters. The minimum atomic E-state index is -0.371. The van der Waals surface area contributed by atoms with Gasteiger partial charge in [-0.25, -0.2) is 9.78 Å². The summed E-state index contributed by atoms with van der Waals surface area (Å²) in [6, 6.07) is 36.3. The molecule has 1 aromatic heterocycles. The lowest BCUT2D eigenvalue weighted by Gasteiger charge is -2.08. The molecule has 6 aromatic rings. The number of rotatable bonds is 9. The van der Waals surface area contributed by atoms with Crippen LogP contribution in [0.25, 0.3) is 34.5 Å². The van der Waals surface area contributed by atoms with Crippen molar-refractivity contribution < 1.29 is 14.3 Å². The van der Waals surface area contributed by atoms with Gasteiger partial charge in [0.05, 0.1) is 23.4 Å². The molecule has 0 aliphatic heterocycles. The normalized spacial score (nSPS) is 11.1. The van der Waals surface area contributed by atoms with Gasteiger partial charge in [-0.05, 0) is 95.1 Å². The highest BCUT2D eigenvalue weighted by molar-refractivity contribution is 6.36. The van der Waals surface area contributed by atoms with Crippen LogP contribution in [0, 0.1) is 0 Å². The van der Waals surface area contributed by atoms with E-state index in [0.717, 1.165) is 50.8 Å². The maximum Gasteiger partial charge on any atom is 0.337 e. The number of ether oxygens (including phenoxy) is 2. The molecule has 0 saturated carbocycles. The third-order valence-corrected chi connectivity index (χ3v) is 7.93. The van der Waals surface area contributed by atoms with Gasteiger partial charge in [0.25, 0.3) is 0 Å². The summed E-state index contributed by atoms with van der Waals surface area (Å²) < 4.78 is 12.8. The van der Waals surface area contributed by atoms with Crippen molar-refractivity contribution in [2.24, 2.45) is 0 Å². The van der Waals surface area contributed by atoms with E-state index >= 15 is 0 Å². The van der Waals surface area contributed by atoms with Gasteiger partial charge in [-0.3, -0.25) is 0 Å². The number of aromatic nitrogens is 2. The monoisotopic (exact) mass is 645 g/mol. The van der Waals surface area contributed by atoms with Gasteiger partial charge in [-0.2, -0.15) is 0 Å². The number of imidazole rings is 1. The molecule has 6 nitrogen and oxygen atoms in total. The van der Waals surface area contributed by atoms with Gasteiger partial charge >= 0.3 is 5.97 Å². The second kappa shape index (κ2) is 13.8. The van der Waals surface area contributed by atoms with Crippen LogP contribution in [0.1, 0.15) is 27.3 Å². The van der Waals surface area contributed by atoms with Crippen LogP contribution in [0.15, 0.2) is 121 Å². The Bertz CT molecular complexity index is 2000. The Morgan fingerprint density at radius 1 is 0.804 bits per heavy atom. The highest BCUT2D eigenvalue weighted by Crippen LogP contribution is 2.31. The van der Waals surface area contributed by atoms with E-state index in [2.05, 4.69) is 24.3 Å². The number of nitrogen functional groups attached to an aromatic ring is 1. The molecule has 0 amide bonds. The summed E-state index contributed by atoms with van der Waals surface area (Å²) in [6.07, 6.45) is 5.97. The molecule has 0 aliphatic carbocycles. The van der Waals surface area contributed by atoms with Crippen molar-refractivity contribution in [2.75, 3.05) is 12.8 Å². The number of esters is 1. The minimum absolute atomic E-state index is 0.371. The molecular formula is C38H29Cl2N3O3. The maximum absolute atomic E-state index is 11.9. The van der Waals surface area contributed by atoms with Crippen molar-refractivity contribution in [1.29, 1.82) is 0 Å². The summed E-state index contributed by atoms with van der Waals surface area (Å²) in [5, 5.41) is 1.08. The highest BCUT2D eigenvalue weighted by Gasteiger charge is 2.13. The fourth-order valence-electron chi connectivity index (χ4n) is 4.92. The third-order valence-electron chi connectivity index (χ3n) is 7.38. The van der Waals surface area contributed by atoms with Crippen LogP contribution in [0.2, 0.25) is 10.0 Å². The van der Waals surface area contributed by atoms with Crippen LogP contribution in [0.3, 0.4) is 0 Å². The predicted octanol–water partition coefficient (Wildman–Crippen LogP) is 9.90. The largest absolute Gasteiger partial charge is 0.465 e. The Kier molecular flexibility index (Phi) is 9.20. The Hall–Kier alpha value is -5.30. The summed E-state index contributed by atoms with van der Waals surface area (Å²) in [6.45, 7) is 0.538. The SMILES string of the molecule is COC(=O)c1ccc(Cn2cc(-c3ccc(Cl)cc3Cl)nc2C=Cc2ccc(-c3ccc(Oc4ccc(N)cc4)cc3)cc2)cc1. The Labute approximate surface area is 277 Å². The van der Waals surface area contributed by atoms with Crippen LogP contribution in [-0.4, -0.2) is 22.6 Å². The van der Waals surface area contributed by atoms with Gasteiger partial charge in [-0.15, -0.1) is 0 Å². The van der Waals surface area contributed by atoms with Crippen molar-refractivity contribution in [3.8, 4) is 33.9 Å². The second-order valence-electron chi connectivity index (χ2n) is 10.6. The molecule has 0 radical (unpaired) electrons. The second-order valence-corrected chi connectivity index (χ2v) is 11.4. The highest BCUT2D eigenvalue weighted by atomic mass is 35.5. The van der Waals surface area contributed by atoms with Crippen LogP contribution in [0.5, 0.6) is 11.5 Å². The molecule has 228 valence electrons. The quantitative estimate of drug-likeness (QED) is 0.125. The maximum atomic E-state index is 11.9. The van der Waals surface area contributed by atoms with Crippen LogP contribution in [-0.2, 0) is 11.3 Å². The van der Waals surface area contributed by atoms with E-state index in [-0.39, 0.29) is 5.97 Å².